The number of carbonyl (C=O) groups is 2. The molecule has 0 radical (unpaired) electrons. The first kappa shape index (κ1) is 21.5. The van der Waals surface area contributed by atoms with Crippen molar-refractivity contribution in [3.05, 3.63) is 94.9 Å². The van der Waals surface area contributed by atoms with E-state index in [-0.39, 0.29) is 18.2 Å². The first-order valence-corrected chi connectivity index (χ1v) is 10.9. The minimum absolute atomic E-state index is 0.149. The fraction of sp³-hybridized carbons (Fsp3) is 0.0800. The minimum Gasteiger partial charge on any atom is -0.348 e. The quantitative estimate of drug-likeness (QED) is 0.400. The molecule has 34 heavy (non-hydrogen) atoms. The zero-order chi connectivity index (χ0) is 23.5. The van der Waals surface area contributed by atoms with Gasteiger partial charge in [-0.1, -0.05) is 11.6 Å². The van der Waals surface area contributed by atoms with Crippen LogP contribution in [0.3, 0.4) is 0 Å². The van der Waals surface area contributed by atoms with E-state index in [1.807, 2.05) is 18.2 Å². The van der Waals surface area contributed by atoms with Crippen molar-refractivity contribution in [2.75, 3.05) is 10.6 Å². The van der Waals surface area contributed by atoms with Gasteiger partial charge >= 0.3 is 0 Å². The number of nitrogens with zero attached hydrogens (tertiary/aromatic N) is 3. The minimum atomic E-state index is -0.169. The lowest BCUT2D eigenvalue weighted by atomic mass is 10.1. The number of rotatable bonds is 5. The monoisotopic (exact) mass is 470 g/mol. The third kappa shape index (κ3) is 4.72. The number of anilines is 3. The summed E-state index contributed by atoms with van der Waals surface area (Å²) in [6.45, 7) is 0.425. The Bertz CT molecular complexity index is 1380. The van der Waals surface area contributed by atoms with Crippen LogP contribution in [0.15, 0.2) is 73.2 Å². The third-order valence-corrected chi connectivity index (χ3v) is 5.57. The molecule has 0 aliphatic carbocycles. The van der Waals surface area contributed by atoms with Gasteiger partial charge < -0.3 is 16.0 Å². The molecular weight excluding hydrogens is 452 g/mol. The van der Waals surface area contributed by atoms with Gasteiger partial charge in [-0.05, 0) is 60.2 Å². The molecule has 8 nitrogen and oxygen atoms in total. The fourth-order valence-electron chi connectivity index (χ4n) is 3.64. The van der Waals surface area contributed by atoms with Crippen LogP contribution in [0.2, 0.25) is 5.02 Å². The topological polar surface area (TPSA) is 109 Å². The van der Waals surface area contributed by atoms with Crippen molar-refractivity contribution >= 4 is 40.7 Å². The van der Waals surface area contributed by atoms with Crippen LogP contribution in [0.5, 0.6) is 0 Å². The molecule has 1 aliphatic rings. The highest BCUT2D eigenvalue weighted by Crippen LogP contribution is 2.34. The summed E-state index contributed by atoms with van der Waals surface area (Å²) in [7, 11) is 0. The van der Waals surface area contributed by atoms with E-state index in [1.54, 1.807) is 55.0 Å². The SMILES string of the molecule is O=C1Cc2cnc(Nc3ccc(C(=O)NCc4ccncc4)cc3)nc2-c2ccc(Cl)cc2N1. The molecule has 3 heterocycles. The molecule has 0 bridgehead atoms. The van der Waals surface area contributed by atoms with Crippen LogP contribution < -0.4 is 16.0 Å². The Balaban J connectivity index is 1.32. The van der Waals surface area contributed by atoms with Crippen molar-refractivity contribution in [2.24, 2.45) is 0 Å². The molecule has 0 fully saturated rings. The summed E-state index contributed by atoms with van der Waals surface area (Å²) in [4.78, 5) is 37.7. The lowest BCUT2D eigenvalue weighted by Crippen LogP contribution is -2.22. The maximum absolute atomic E-state index is 12.4. The van der Waals surface area contributed by atoms with Gasteiger partial charge in [-0.25, -0.2) is 9.97 Å². The lowest BCUT2D eigenvalue weighted by Gasteiger charge is -2.11. The molecule has 0 saturated carbocycles. The van der Waals surface area contributed by atoms with Gasteiger partial charge in [0.25, 0.3) is 5.91 Å². The second-order valence-corrected chi connectivity index (χ2v) is 8.16. The van der Waals surface area contributed by atoms with Crippen LogP contribution in [-0.2, 0) is 17.8 Å². The Hall–Kier alpha value is -4.30. The molecule has 9 heteroatoms. The Morgan fingerprint density at radius 2 is 1.85 bits per heavy atom. The maximum atomic E-state index is 12.4. The molecule has 0 unspecified atom stereocenters. The Morgan fingerprint density at radius 1 is 1.06 bits per heavy atom. The summed E-state index contributed by atoms with van der Waals surface area (Å²) in [6.07, 6.45) is 5.20. The van der Waals surface area contributed by atoms with E-state index in [2.05, 4.69) is 30.9 Å². The summed E-state index contributed by atoms with van der Waals surface area (Å²) in [5.41, 5.74) is 5.02. The molecule has 2 aromatic carbocycles. The van der Waals surface area contributed by atoms with Gasteiger partial charge in [-0.15, -0.1) is 0 Å². The number of pyridine rings is 1. The number of hydrogen-bond donors (Lipinski definition) is 3. The van der Waals surface area contributed by atoms with Crippen molar-refractivity contribution in [1.29, 1.82) is 0 Å². The maximum Gasteiger partial charge on any atom is 0.251 e. The first-order chi connectivity index (χ1) is 16.5. The van der Waals surface area contributed by atoms with E-state index in [9.17, 15) is 9.59 Å². The van der Waals surface area contributed by atoms with Crippen molar-refractivity contribution in [3.8, 4) is 11.3 Å². The van der Waals surface area contributed by atoms with Crippen LogP contribution in [-0.4, -0.2) is 26.8 Å². The molecule has 2 aromatic heterocycles. The van der Waals surface area contributed by atoms with E-state index in [4.69, 9.17) is 11.6 Å². The number of carbonyl (C=O) groups excluding carboxylic acids is 2. The number of halogens is 1. The molecule has 4 aromatic rings. The number of amides is 2. The number of aromatic nitrogens is 3. The molecule has 0 saturated heterocycles. The van der Waals surface area contributed by atoms with Crippen LogP contribution in [0.1, 0.15) is 21.5 Å². The average Bonchev–Trinajstić information content (AvgIpc) is 2.98. The average molecular weight is 471 g/mol. The summed E-state index contributed by atoms with van der Waals surface area (Å²) in [6, 6.07) is 16.0. The molecule has 2 amide bonds. The van der Waals surface area contributed by atoms with Crippen molar-refractivity contribution in [3.63, 3.8) is 0 Å². The van der Waals surface area contributed by atoms with Crippen LogP contribution in [0, 0.1) is 0 Å². The van der Waals surface area contributed by atoms with Gasteiger partial charge in [0.05, 0.1) is 17.8 Å². The van der Waals surface area contributed by atoms with Crippen molar-refractivity contribution < 1.29 is 9.59 Å². The predicted octanol–water partition coefficient (Wildman–Crippen LogP) is 4.36. The Morgan fingerprint density at radius 3 is 2.65 bits per heavy atom. The highest BCUT2D eigenvalue weighted by molar-refractivity contribution is 6.31. The fourth-order valence-corrected chi connectivity index (χ4v) is 3.81. The van der Waals surface area contributed by atoms with Gasteiger partial charge in [-0.2, -0.15) is 0 Å². The zero-order valence-electron chi connectivity index (χ0n) is 17.9. The number of nitrogens with one attached hydrogen (secondary N) is 3. The standard InChI is InChI=1S/C25H19ClN6O2/c26-18-3-6-20-21(12-18)31-22(33)11-17-14-29-25(32-23(17)20)30-19-4-1-16(2-5-19)24(34)28-13-15-7-9-27-10-8-15/h1-10,12,14H,11,13H2,(H,28,34)(H,31,33)(H,29,30,32). The van der Waals surface area contributed by atoms with E-state index in [0.29, 0.717) is 34.5 Å². The molecular formula is C25H19ClN6O2. The first-order valence-electron chi connectivity index (χ1n) is 10.5. The largest absolute Gasteiger partial charge is 0.348 e. The van der Waals surface area contributed by atoms with E-state index >= 15 is 0 Å². The summed E-state index contributed by atoms with van der Waals surface area (Å²) in [5, 5.41) is 9.44. The van der Waals surface area contributed by atoms with Gasteiger partial charge in [-0.3, -0.25) is 14.6 Å². The van der Waals surface area contributed by atoms with Crippen LogP contribution in [0.4, 0.5) is 17.3 Å². The lowest BCUT2D eigenvalue weighted by molar-refractivity contribution is -0.115. The highest BCUT2D eigenvalue weighted by Gasteiger charge is 2.21. The molecule has 5 rings (SSSR count). The number of fused-ring (bicyclic) bond motifs is 3. The number of hydrogen-bond acceptors (Lipinski definition) is 6. The highest BCUT2D eigenvalue weighted by atomic mass is 35.5. The second-order valence-electron chi connectivity index (χ2n) is 7.72. The van der Waals surface area contributed by atoms with Gasteiger partial charge in [0, 0.05) is 52.5 Å². The van der Waals surface area contributed by atoms with Gasteiger partial charge in [0.15, 0.2) is 0 Å². The smallest absolute Gasteiger partial charge is 0.251 e. The van der Waals surface area contributed by atoms with Gasteiger partial charge in [0.2, 0.25) is 11.9 Å². The van der Waals surface area contributed by atoms with Crippen molar-refractivity contribution in [1.82, 2.24) is 20.3 Å². The Kier molecular flexibility index (Phi) is 5.88. The summed E-state index contributed by atoms with van der Waals surface area (Å²) >= 11 is 6.10. The predicted molar refractivity (Wildman–Crippen MR) is 130 cm³/mol. The van der Waals surface area contributed by atoms with Crippen LogP contribution >= 0.6 is 11.6 Å². The molecule has 3 N–H and O–H groups in total. The van der Waals surface area contributed by atoms with Gasteiger partial charge in [0.1, 0.15) is 0 Å². The second kappa shape index (κ2) is 9.29. The zero-order valence-corrected chi connectivity index (χ0v) is 18.6. The molecule has 0 spiro atoms. The normalized spacial score (nSPS) is 12.1. The number of benzene rings is 2. The molecule has 1 aliphatic heterocycles. The third-order valence-electron chi connectivity index (χ3n) is 5.33. The van der Waals surface area contributed by atoms with E-state index < -0.39 is 0 Å². The molecule has 0 atom stereocenters. The van der Waals surface area contributed by atoms with Crippen molar-refractivity contribution in [2.45, 2.75) is 13.0 Å². The Labute approximate surface area is 200 Å². The van der Waals surface area contributed by atoms with E-state index in [0.717, 1.165) is 22.4 Å². The summed E-state index contributed by atoms with van der Waals surface area (Å²) < 4.78 is 0. The van der Waals surface area contributed by atoms with Crippen LogP contribution in [0.25, 0.3) is 11.3 Å². The van der Waals surface area contributed by atoms with E-state index in [1.165, 1.54) is 0 Å². The molecule has 168 valence electrons. The summed E-state index contributed by atoms with van der Waals surface area (Å²) in [5.74, 6) is 0.0605.